The third kappa shape index (κ3) is 4.57. The Hall–Kier alpha value is -1.05. The number of hydrogen-bond acceptors (Lipinski definition) is 5. The first-order valence-electron chi connectivity index (χ1n) is 9.79. The summed E-state index contributed by atoms with van der Waals surface area (Å²) in [6, 6.07) is 7.30. The van der Waals surface area contributed by atoms with Gasteiger partial charge in [0.05, 0.1) is 6.54 Å². The molecule has 1 atom stereocenters. The molecule has 0 radical (unpaired) electrons. The molecule has 3 heterocycles. The van der Waals surface area contributed by atoms with E-state index in [-0.39, 0.29) is 5.91 Å². The lowest BCUT2D eigenvalue weighted by molar-refractivity contribution is -0.117. The van der Waals surface area contributed by atoms with Gasteiger partial charge in [-0.25, -0.2) is 0 Å². The molecule has 150 valence electrons. The number of carbonyl (C=O) groups excluding carboxylic acids is 1. The SMILES string of the molecule is O=C(CN1CCCCC1)Nc1sc2c(c1C(O)c1ccc(Cl)cc1)CCSC2. The zero-order chi connectivity index (χ0) is 19.5. The van der Waals surface area contributed by atoms with Gasteiger partial charge in [-0.05, 0) is 61.4 Å². The number of thioether (sulfide) groups is 1. The monoisotopic (exact) mass is 436 g/mol. The van der Waals surface area contributed by atoms with Gasteiger partial charge < -0.3 is 10.4 Å². The van der Waals surface area contributed by atoms with Crippen LogP contribution in [0.25, 0.3) is 0 Å². The summed E-state index contributed by atoms with van der Waals surface area (Å²) in [5, 5.41) is 15.7. The van der Waals surface area contributed by atoms with Gasteiger partial charge in [0.1, 0.15) is 11.1 Å². The Bertz CT molecular complexity index is 832. The number of fused-ring (bicyclic) bond motifs is 1. The summed E-state index contributed by atoms with van der Waals surface area (Å²) in [5.41, 5.74) is 2.88. The van der Waals surface area contributed by atoms with Crippen LogP contribution in [-0.4, -0.2) is 41.3 Å². The zero-order valence-electron chi connectivity index (χ0n) is 15.7. The van der Waals surface area contributed by atoms with E-state index in [1.54, 1.807) is 23.5 Å². The topological polar surface area (TPSA) is 52.6 Å². The minimum atomic E-state index is -0.759. The number of hydrogen-bond donors (Lipinski definition) is 2. The normalized spacial score (nSPS) is 18.5. The van der Waals surface area contributed by atoms with Gasteiger partial charge >= 0.3 is 0 Å². The summed E-state index contributed by atoms with van der Waals surface area (Å²) in [5.74, 6) is 2.01. The molecular weight excluding hydrogens is 412 g/mol. The number of likely N-dealkylation sites (tertiary alicyclic amines) is 1. The summed E-state index contributed by atoms with van der Waals surface area (Å²) in [6.45, 7) is 2.41. The standard InChI is InChI=1S/C21H25ClN2O2S2/c22-15-6-4-14(5-7-15)20(26)19-16-8-11-27-13-17(16)28-21(19)23-18(25)12-24-9-2-1-3-10-24/h4-7,20,26H,1-3,8-13H2,(H,23,25). The molecule has 2 aromatic rings. The maximum absolute atomic E-state index is 12.7. The molecule has 1 saturated heterocycles. The van der Waals surface area contributed by atoms with Gasteiger partial charge in [-0.3, -0.25) is 9.69 Å². The number of nitrogens with one attached hydrogen (secondary N) is 1. The van der Waals surface area contributed by atoms with Crippen molar-refractivity contribution >= 4 is 45.6 Å². The molecule has 1 aromatic carbocycles. The fourth-order valence-electron chi connectivity index (χ4n) is 3.94. The van der Waals surface area contributed by atoms with Crippen molar-refractivity contribution in [2.75, 3.05) is 30.7 Å². The summed E-state index contributed by atoms with van der Waals surface area (Å²) in [7, 11) is 0. The van der Waals surface area contributed by atoms with Crippen LogP contribution in [0.5, 0.6) is 0 Å². The second-order valence-corrected chi connectivity index (χ2v) is 10.0. The zero-order valence-corrected chi connectivity index (χ0v) is 18.1. The first kappa shape index (κ1) is 20.2. The number of carbonyl (C=O) groups is 1. The number of aliphatic hydroxyl groups is 1. The molecule has 2 aliphatic heterocycles. The number of piperidine rings is 1. The minimum absolute atomic E-state index is 0.0118. The van der Waals surface area contributed by atoms with Crippen molar-refractivity contribution in [2.24, 2.45) is 0 Å². The second-order valence-electron chi connectivity index (χ2n) is 7.39. The molecule has 0 bridgehead atoms. The van der Waals surface area contributed by atoms with Crippen LogP contribution in [0.4, 0.5) is 5.00 Å². The van der Waals surface area contributed by atoms with E-state index in [1.165, 1.54) is 29.7 Å². The van der Waals surface area contributed by atoms with Crippen LogP contribution in [0, 0.1) is 0 Å². The third-order valence-corrected chi connectivity index (χ3v) is 7.97. The molecular formula is C21H25ClN2O2S2. The van der Waals surface area contributed by atoms with Crippen LogP contribution >= 0.6 is 34.7 Å². The van der Waals surface area contributed by atoms with Crippen LogP contribution in [0.2, 0.25) is 5.02 Å². The average Bonchev–Trinajstić information content (AvgIpc) is 3.06. The molecule has 28 heavy (non-hydrogen) atoms. The Labute approximate surface area is 179 Å². The summed E-state index contributed by atoms with van der Waals surface area (Å²) in [6.07, 6.45) is 3.76. The number of aliphatic hydroxyl groups excluding tert-OH is 1. The summed E-state index contributed by atoms with van der Waals surface area (Å²) < 4.78 is 0. The van der Waals surface area contributed by atoms with Crippen LogP contribution < -0.4 is 5.32 Å². The van der Waals surface area contributed by atoms with E-state index < -0.39 is 6.10 Å². The number of nitrogens with zero attached hydrogens (tertiary/aromatic N) is 1. The molecule has 1 aromatic heterocycles. The van der Waals surface area contributed by atoms with Crippen LogP contribution in [-0.2, 0) is 17.0 Å². The molecule has 0 spiro atoms. The molecule has 0 aliphatic carbocycles. The highest BCUT2D eigenvalue weighted by atomic mass is 35.5. The van der Waals surface area contributed by atoms with Crippen molar-refractivity contribution in [3.05, 3.63) is 50.9 Å². The van der Waals surface area contributed by atoms with Crippen molar-refractivity contribution in [3.8, 4) is 0 Å². The highest BCUT2D eigenvalue weighted by Gasteiger charge is 2.27. The Morgan fingerprint density at radius 3 is 2.71 bits per heavy atom. The third-order valence-electron chi connectivity index (χ3n) is 5.39. The highest BCUT2D eigenvalue weighted by molar-refractivity contribution is 7.98. The predicted octanol–water partition coefficient (Wildman–Crippen LogP) is 4.70. The van der Waals surface area contributed by atoms with E-state index in [0.717, 1.165) is 47.1 Å². The Kier molecular flexibility index (Phi) is 6.63. The minimum Gasteiger partial charge on any atom is -0.384 e. The maximum Gasteiger partial charge on any atom is 0.239 e. The number of amides is 1. The number of rotatable bonds is 5. The quantitative estimate of drug-likeness (QED) is 0.713. The van der Waals surface area contributed by atoms with E-state index in [9.17, 15) is 9.90 Å². The van der Waals surface area contributed by atoms with Crippen LogP contribution in [0.3, 0.4) is 0 Å². The van der Waals surface area contributed by atoms with E-state index in [1.807, 2.05) is 23.9 Å². The maximum atomic E-state index is 12.7. The van der Waals surface area contributed by atoms with Gasteiger partial charge in [0.15, 0.2) is 0 Å². The molecule has 4 nitrogen and oxygen atoms in total. The number of halogens is 1. The lowest BCUT2D eigenvalue weighted by Crippen LogP contribution is -2.36. The Morgan fingerprint density at radius 2 is 1.96 bits per heavy atom. The molecule has 1 amide bonds. The Morgan fingerprint density at radius 1 is 1.21 bits per heavy atom. The van der Waals surface area contributed by atoms with E-state index in [0.29, 0.717) is 11.6 Å². The van der Waals surface area contributed by atoms with E-state index in [4.69, 9.17) is 11.6 Å². The first-order valence-corrected chi connectivity index (χ1v) is 12.1. The molecule has 1 unspecified atom stereocenters. The van der Waals surface area contributed by atoms with Gasteiger partial charge in [-0.15, -0.1) is 11.3 Å². The van der Waals surface area contributed by atoms with Crippen molar-refractivity contribution in [1.29, 1.82) is 0 Å². The van der Waals surface area contributed by atoms with Gasteiger partial charge in [0, 0.05) is 21.2 Å². The lowest BCUT2D eigenvalue weighted by Gasteiger charge is -2.25. The second kappa shape index (κ2) is 9.18. The predicted molar refractivity (Wildman–Crippen MR) is 119 cm³/mol. The molecule has 1 fully saturated rings. The van der Waals surface area contributed by atoms with Crippen molar-refractivity contribution in [3.63, 3.8) is 0 Å². The van der Waals surface area contributed by atoms with E-state index >= 15 is 0 Å². The van der Waals surface area contributed by atoms with Crippen LogP contribution in [0.1, 0.15) is 46.9 Å². The summed E-state index contributed by atoms with van der Waals surface area (Å²) in [4.78, 5) is 16.2. The average molecular weight is 437 g/mol. The molecule has 2 aliphatic rings. The van der Waals surface area contributed by atoms with Gasteiger partial charge in [0.2, 0.25) is 5.91 Å². The van der Waals surface area contributed by atoms with Gasteiger partial charge in [0.25, 0.3) is 0 Å². The van der Waals surface area contributed by atoms with Gasteiger partial charge in [-0.1, -0.05) is 30.2 Å². The van der Waals surface area contributed by atoms with Crippen molar-refractivity contribution < 1.29 is 9.90 Å². The molecule has 2 N–H and O–H groups in total. The molecule has 4 rings (SSSR count). The number of benzene rings is 1. The highest BCUT2D eigenvalue weighted by Crippen LogP contribution is 2.44. The Balaban J connectivity index is 1.58. The van der Waals surface area contributed by atoms with Crippen molar-refractivity contribution in [2.45, 2.75) is 37.5 Å². The van der Waals surface area contributed by atoms with Gasteiger partial charge in [-0.2, -0.15) is 11.8 Å². The van der Waals surface area contributed by atoms with Crippen LogP contribution in [0.15, 0.2) is 24.3 Å². The first-order chi connectivity index (χ1) is 13.6. The smallest absolute Gasteiger partial charge is 0.239 e. The number of anilines is 1. The largest absolute Gasteiger partial charge is 0.384 e. The lowest BCUT2D eigenvalue weighted by atomic mass is 9.97. The fourth-order valence-corrected chi connectivity index (χ4v) is 6.49. The van der Waals surface area contributed by atoms with E-state index in [2.05, 4.69) is 10.2 Å². The number of thiophene rings is 1. The molecule has 0 saturated carbocycles. The summed E-state index contributed by atoms with van der Waals surface area (Å²) >= 11 is 9.53. The molecule has 7 heteroatoms. The fraction of sp³-hybridized carbons (Fsp3) is 0.476. The van der Waals surface area contributed by atoms with Crippen molar-refractivity contribution in [1.82, 2.24) is 4.90 Å².